The zero-order valence-electron chi connectivity index (χ0n) is 11.9. The lowest BCUT2D eigenvalue weighted by Gasteiger charge is -2.22. The van der Waals surface area contributed by atoms with Crippen molar-refractivity contribution in [2.45, 2.75) is 24.3 Å². The molecule has 0 saturated carbocycles. The van der Waals surface area contributed by atoms with Crippen LogP contribution < -0.4 is 5.32 Å². The summed E-state index contributed by atoms with van der Waals surface area (Å²) in [6.07, 6.45) is 1.94. The van der Waals surface area contributed by atoms with Crippen molar-refractivity contribution in [3.05, 3.63) is 29.8 Å². The highest BCUT2D eigenvalue weighted by molar-refractivity contribution is 7.98. The third-order valence-electron chi connectivity index (χ3n) is 2.95. The van der Waals surface area contributed by atoms with Crippen LogP contribution in [0.2, 0.25) is 0 Å². The summed E-state index contributed by atoms with van der Waals surface area (Å²) in [5, 5.41) is 11.5. The number of amides is 2. The highest BCUT2D eigenvalue weighted by Crippen LogP contribution is 2.25. The molecule has 6 heteroatoms. The molecular weight excluding hydrogens is 276 g/mol. The number of urea groups is 1. The maximum atomic E-state index is 12.0. The van der Waals surface area contributed by atoms with E-state index >= 15 is 0 Å². The Balaban J connectivity index is 2.63. The molecular formula is C14H20N2O3S. The van der Waals surface area contributed by atoms with Crippen LogP contribution in [0.25, 0.3) is 0 Å². The maximum absolute atomic E-state index is 12.0. The van der Waals surface area contributed by atoms with E-state index in [9.17, 15) is 9.59 Å². The van der Waals surface area contributed by atoms with Crippen molar-refractivity contribution >= 4 is 23.8 Å². The molecule has 5 nitrogen and oxygen atoms in total. The van der Waals surface area contributed by atoms with E-state index in [-0.39, 0.29) is 25.0 Å². The van der Waals surface area contributed by atoms with E-state index in [2.05, 4.69) is 5.32 Å². The van der Waals surface area contributed by atoms with Gasteiger partial charge in [-0.15, -0.1) is 11.8 Å². The van der Waals surface area contributed by atoms with Crippen LogP contribution >= 0.6 is 11.8 Å². The lowest BCUT2D eigenvalue weighted by molar-refractivity contribution is -0.137. The predicted octanol–water partition coefficient (Wildman–Crippen LogP) is 2.59. The summed E-state index contributed by atoms with van der Waals surface area (Å²) >= 11 is 1.63. The molecule has 0 aliphatic carbocycles. The van der Waals surface area contributed by atoms with Crippen LogP contribution in [0.4, 0.5) is 4.79 Å². The Morgan fingerprint density at radius 3 is 2.65 bits per heavy atom. The fraction of sp³-hybridized carbons (Fsp3) is 0.429. The quantitative estimate of drug-likeness (QED) is 0.792. The molecule has 0 bridgehead atoms. The molecule has 0 fully saturated rings. The first-order valence-electron chi connectivity index (χ1n) is 6.32. The molecule has 0 spiro atoms. The van der Waals surface area contributed by atoms with Crippen molar-refractivity contribution in [1.29, 1.82) is 0 Å². The van der Waals surface area contributed by atoms with Gasteiger partial charge in [0.2, 0.25) is 0 Å². The first kappa shape index (κ1) is 16.4. The number of hydrogen-bond acceptors (Lipinski definition) is 3. The summed E-state index contributed by atoms with van der Waals surface area (Å²) in [4.78, 5) is 24.9. The largest absolute Gasteiger partial charge is 0.481 e. The highest BCUT2D eigenvalue weighted by Gasteiger charge is 2.15. The molecule has 0 saturated heterocycles. The molecule has 110 valence electrons. The van der Waals surface area contributed by atoms with Crippen LogP contribution in [-0.2, 0) is 4.79 Å². The number of aliphatic carboxylic acids is 1. The topological polar surface area (TPSA) is 69.6 Å². The number of thioether (sulfide) groups is 1. The minimum absolute atomic E-state index is 0.0559. The lowest BCUT2D eigenvalue weighted by atomic mass is 10.1. The fourth-order valence-corrected chi connectivity index (χ4v) is 2.46. The van der Waals surface area contributed by atoms with Crippen molar-refractivity contribution in [2.75, 3.05) is 19.8 Å². The molecule has 2 N–H and O–H groups in total. The van der Waals surface area contributed by atoms with Gasteiger partial charge in [-0.25, -0.2) is 4.79 Å². The number of nitrogens with zero attached hydrogens (tertiary/aromatic N) is 1. The first-order valence-corrected chi connectivity index (χ1v) is 7.54. The molecule has 0 aliphatic rings. The van der Waals surface area contributed by atoms with E-state index in [1.165, 1.54) is 4.90 Å². The number of carboxylic acids is 1. The van der Waals surface area contributed by atoms with Crippen LogP contribution in [0.5, 0.6) is 0 Å². The van der Waals surface area contributed by atoms with E-state index in [4.69, 9.17) is 5.11 Å². The summed E-state index contributed by atoms with van der Waals surface area (Å²) in [5.41, 5.74) is 1.06. The third-order valence-corrected chi connectivity index (χ3v) is 3.76. The molecule has 1 aromatic rings. The van der Waals surface area contributed by atoms with E-state index in [1.807, 2.05) is 37.4 Å². The molecule has 1 aromatic carbocycles. The number of benzene rings is 1. The van der Waals surface area contributed by atoms with Gasteiger partial charge in [-0.05, 0) is 24.8 Å². The van der Waals surface area contributed by atoms with Crippen molar-refractivity contribution in [3.63, 3.8) is 0 Å². The SMILES string of the molecule is CSc1ccccc1[C@H](C)NC(=O)N(C)CCC(=O)O. The monoisotopic (exact) mass is 296 g/mol. The minimum Gasteiger partial charge on any atom is -0.481 e. The molecule has 0 unspecified atom stereocenters. The smallest absolute Gasteiger partial charge is 0.317 e. The molecule has 0 radical (unpaired) electrons. The van der Waals surface area contributed by atoms with Gasteiger partial charge in [0.15, 0.2) is 0 Å². The van der Waals surface area contributed by atoms with E-state index in [1.54, 1.807) is 18.8 Å². The van der Waals surface area contributed by atoms with Gasteiger partial charge >= 0.3 is 12.0 Å². The summed E-state index contributed by atoms with van der Waals surface area (Å²) in [5.74, 6) is -0.912. The molecule has 2 amide bonds. The van der Waals surface area contributed by atoms with Gasteiger partial charge in [-0.1, -0.05) is 18.2 Å². The van der Waals surface area contributed by atoms with Crippen LogP contribution in [0, 0.1) is 0 Å². The van der Waals surface area contributed by atoms with Crippen molar-refractivity contribution < 1.29 is 14.7 Å². The second kappa shape index (κ2) is 7.79. The van der Waals surface area contributed by atoms with Gasteiger partial charge in [0.05, 0.1) is 12.5 Å². The Hall–Kier alpha value is -1.69. The Bertz CT molecular complexity index is 479. The number of carbonyl (C=O) groups excluding carboxylic acids is 1. The normalized spacial score (nSPS) is 11.8. The summed E-state index contributed by atoms with van der Waals surface area (Å²) in [6.45, 7) is 2.11. The van der Waals surface area contributed by atoms with Gasteiger partial charge in [-0.3, -0.25) is 4.79 Å². The standard InChI is InChI=1S/C14H20N2O3S/c1-10(11-6-4-5-7-12(11)20-3)15-14(19)16(2)9-8-13(17)18/h4-7,10H,8-9H2,1-3H3,(H,15,19)(H,17,18)/t10-/m0/s1. The number of hydrogen-bond donors (Lipinski definition) is 2. The Morgan fingerprint density at radius 2 is 2.05 bits per heavy atom. The van der Waals surface area contributed by atoms with Gasteiger partial charge in [-0.2, -0.15) is 0 Å². The van der Waals surface area contributed by atoms with E-state index in [0.717, 1.165) is 10.5 Å². The van der Waals surface area contributed by atoms with Crippen LogP contribution in [0.3, 0.4) is 0 Å². The van der Waals surface area contributed by atoms with Crippen LogP contribution in [-0.4, -0.2) is 41.9 Å². The summed E-state index contributed by atoms with van der Waals surface area (Å²) < 4.78 is 0. The molecule has 0 heterocycles. The molecule has 20 heavy (non-hydrogen) atoms. The number of nitrogens with one attached hydrogen (secondary N) is 1. The second-order valence-corrected chi connectivity index (χ2v) is 5.33. The Morgan fingerprint density at radius 1 is 1.40 bits per heavy atom. The molecule has 0 aromatic heterocycles. The minimum atomic E-state index is -0.912. The number of carbonyl (C=O) groups is 2. The highest BCUT2D eigenvalue weighted by atomic mass is 32.2. The number of rotatable bonds is 6. The van der Waals surface area contributed by atoms with Crippen LogP contribution in [0.15, 0.2) is 29.2 Å². The van der Waals surface area contributed by atoms with Gasteiger partial charge in [0, 0.05) is 18.5 Å². The van der Waals surface area contributed by atoms with E-state index in [0.29, 0.717) is 0 Å². The fourth-order valence-electron chi connectivity index (χ4n) is 1.76. The third kappa shape index (κ3) is 4.77. The average Bonchev–Trinajstić information content (AvgIpc) is 2.44. The second-order valence-electron chi connectivity index (χ2n) is 4.48. The Labute approximate surface area is 123 Å². The van der Waals surface area contributed by atoms with Gasteiger partial charge in [0.25, 0.3) is 0 Å². The van der Waals surface area contributed by atoms with Gasteiger partial charge in [0.1, 0.15) is 0 Å². The van der Waals surface area contributed by atoms with Gasteiger partial charge < -0.3 is 15.3 Å². The summed E-state index contributed by atoms with van der Waals surface area (Å²) in [6, 6.07) is 7.49. The average molecular weight is 296 g/mol. The summed E-state index contributed by atoms with van der Waals surface area (Å²) in [7, 11) is 1.59. The molecule has 1 rings (SSSR count). The molecule has 1 atom stereocenters. The van der Waals surface area contributed by atoms with Crippen molar-refractivity contribution in [1.82, 2.24) is 10.2 Å². The Kier molecular flexibility index (Phi) is 6.38. The first-order chi connectivity index (χ1) is 9.45. The molecule has 0 aliphatic heterocycles. The van der Waals surface area contributed by atoms with Crippen LogP contribution in [0.1, 0.15) is 24.9 Å². The predicted molar refractivity (Wildman–Crippen MR) is 80.1 cm³/mol. The van der Waals surface area contributed by atoms with E-state index < -0.39 is 5.97 Å². The zero-order chi connectivity index (χ0) is 15.1. The van der Waals surface area contributed by atoms with Crippen molar-refractivity contribution in [2.24, 2.45) is 0 Å². The van der Waals surface area contributed by atoms with Crippen molar-refractivity contribution in [3.8, 4) is 0 Å². The number of carboxylic acid groups (broad SMARTS) is 1. The maximum Gasteiger partial charge on any atom is 0.317 e. The zero-order valence-corrected chi connectivity index (χ0v) is 12.7. The lowest BCUT2D eigenvalue weighted by Crippen LogP contribution is -2.39.